The summed E-state index contributed by atoms with van der Waals surface area (Å²) in [5.74, 6) is 1.24. The van der Waals surface area contributed by atoms with Gasteiger partial charge in [-0.2, -0.15) is 0 Å². The van der Waals surface area contributed by atoms with Crippen LogP contribution in [0.25, 0.3) is 0 Å². The van der Waals surface area contributed by atoms with Gasteiger partial charge in [0.15, 0.2) is 5.78 Å². The van der Waals surface area contributed by atoms with Crippen molar-refractivity contribution in [2.24, 2.45) is 46.3 Å². The number of carbonyl (C=O) groups excluding carboxylic acids is 2. The van der Waals surface area contributed by atoms with Gasteiger partial charge in [-0.25, -0.2) is 4.79 Å². The van der Waals surface area contributed by atoms with E-state index in [0.29, 0.717) is 35.7 Å². The van der Waals surface area contributed by atoms with Gasteiger partial charge in [-0.3, -0.25) is 4.79 Å². The van der Waals surface area contributed by atoms with Gasteiger partial charge in [0.05, 0.1) is 5.56 Å². The fourth-order valence-electron chi connectivity index (χ4n) is 9.28. The molecule has 0 radical (unpaired) electrons. The molecule has 4 nitrogen and oxygen atoms in total. The lowest BCUT2D eigenvalue weighted by Gasteiger charge is -2.58. The smallest absolute Gasteiger partial charge is 0.340 e. The van der Waals surface area contributed by atoms with Crippen molar-refractivity contribution in [1.82, 2.24) is 0 Å². The van der Waals surface area contributed by atoms with Gasteiger partial charge in [0.2, 0.25) is 5.79 Å². The topological polar surface area (TPSA) is 63.6 Å². The molecule has 38 heavy (non-hydrogen) atoms. The van der Waals surface area contributed by atoms with Crippen molar-refractivity contribution in [3.05, 3.63) is 47.5 Å². The standard InChI is InChI=1S/C34H48O4/c1-22(2)10-9-11-23(3)26-14-15-27-30-28(16-17-33(26,27)5)32(4)18-19-34(37,21-25(32)20-29(30)35)38-31(36)24-12-7-6-8-13-24/h6-8,12-13,20,22-23,26-28,30,37H,9-11,14-19,21H2,1-5H3/t23-,26-,27+,28+,30+,32+,33-,34-/m1/s1. The van der Waals surface area contributed by atoms with Gasteiger partial charge < -0.3 is 9.84 Å². The van der Waals surface area contributed by atoms with Gasteiger partial charge in [0, 0.05) is 18.8 Å². The second kappa shape index (κ2) is 10.2. The van der Waals surface area contributed by atoms with E-state index in [-0.39, 0.29) is 29.0 Å². The summed E-state index contributed by atoms with van der Waals surface area (Å²) < 4.78 is 5.67. The molecular weight excluding hydrogens is 472 g/mol. The summed E-state index contributed by atoms with van der Waals surface area (Å²) in [6.07, 6.45) is 11.8. The fourth-order valence-corrected chi connectivity index (χ4v) is 9.28. The van der Waals surface area contributed by atoms with Crippen LogP contribution >= 0.6 is 0 Å². The van der Waals surface area contributed by atoms with Crippen LogP contribution < -0.4 is 0 Å². The number of hydrogen-bond acceptors (Lipinski definition) is 4. The summed E-state index contributed by atoms with van der Waals surface area (Å²) in [6.45, 7) is 11.9. The zero-order valence-electron chi connectivity index (χ0n) is 24.2. The van der Waals surface area contributed by atoms with Crippen LogP contribution in [0.3, 0.4) is 0 Å². The summed E-state index contributed by atoms with van der Waals surface area (Å²) >= 11 is 0. The lowest BCUT2D eigenvalue weighted by atomic mass is 9.46. The SMILES string of the molecule is CC(C)CCC[C@@H](C)[C@H]1CC[C@H]2[C@@H]3C(=O)C=C4C[C@](O)(OC(=O)c5ccccc5)CC[C@]4(C)[C@H]3CC[C@]12C. The van der Waals surface area contributed by atoms with Gasteiger partial charge in [-0.15, -0.1) is 0 Å². The van der Waals surface area contributed by atoms with Crippen LogP contribution in [0.4, 0.5) is 0 Å². The number of aliphatic hydroxyl groups is 1. The molecule has 0 saturated heterocycles. The molecule has 0 aliphatic heterocycles. The zero-order chi connectivity index (χ0) is 27.3. The molecule has 4 aliphatic rings. The molecule has 0 heterocycles. The highest BCUT2D eigenvalue weighted by molar-refractivity contribution is 5.94. The summed E-state index contributed by atoms with van der Waals surface area (Å²) in [7, 11) is 0. The van der Waals surface area contributed by atoms with Gasteiger partial charge in [-0.1, -0.05) is 77.7 Å². The first-order valence-corrected chi connectivity index (χ1v) is 15.2. The van der Waals surface area contributed by atoms with E-state index in [4.69, 9.17) is 4.74 Å². The van der Waals surface area contributed by atoms with E-state index in [0.717, 1.165) is 24.3 Å². The van der Waals surface area contributed by atoms with Crippen LogP contribution in [0, 0.1) is 46.3 Å². The lowest BCUT2D eigenvalue weighted by molar-refractivity contribution is -0.191. The molecule has 0 bridgehead atoms. The van der Waals surface area contributed by atoms with Crippen LogP contribution in [0.2, 0.25) is 0 Å². The predicted octanol–water partition coefficient (Wildman–Crippen LogP) is 7.75. The summed E-state index contributed by atoms with van der Waals surface area (Å²) in [5.41, 5.74) is 1.55. The normalized spacial score (nSPS) is 39.1. The van der Waals surface area contributed by atoms with E-state index in [1.165, 1.54) is 38.5 Å². The minimum absolute atomic E-state index is 0.0911. The Morgan fingerprint density at radius 3 is 2.45 bits per heavy atom. The Hall–Kier alpha value is -1.94. The molecule has 0 aromatic heterocycles. The number of fused-ring (bicyclic) bond motifs is 5. The third-order valence-corrected chi connectivity index (χ3v) is 11.5. The molecule has 5 rings (SSSR count). The third-order valence-electron chi connectivity index (χ3n) is 11.5. The summed E-state index contributed by atoms with van der Waals surface area (Å²) in [5, 5.41) is 11.3. The van der Waals surface area contributed by atoms with E-state index in [9.17, 15) is 14.7 Å². The molecule has 0 spiro atoms. The molecule has 8 atom stereocenters. The Bertz CT molecular complexity index is 1080. The van der Waals surface area contributed by atoms with Crippen LogP contribution in [0.15, 0.2) is 42.0 Å². The first-order chi connectivity index (χ1) is 18.0. The van der Waals surface area contributed by atoms with E-state index in [1.54, 1.807) is 24.3 Å². The Morgan fingerprint density at radius 1 is 1.00 bits per heavy atom. The maximum atomic E-state index is 13.8. The quantitative estimate of drug-likeness (QED) is 0.295. The summed E-state index contributed by atoms with van der Waals surface area (Å²) in [6, 6.07) is 8.83. The van der Waals surface area contributed by atoms with Crippen molar-refractivity contribution in [1.29, 1.82) is 0 Å². The number of esters is 1. The fraction of sp³-hybridized carbons (Fsp3) is 0.706. The van der Waals surface area contributed by atoms with Gasteiger partial charge in [0.25, 0.3) is 0 Å². The van der Waals surface area contributed by atoms with E-state index < -0.39 is 11.8 Å². The van der Waals surface area contributed by atoms with E-state index in [1.807, 2.05) is 12.1 Å². The monoisotopic (exact) mass is 520 g/mol. The van der Waals surface area contributed by atoms with E-state index in [2.05, 4.69) is 34.6 Å². The number of carbonyl (C=O) groups is 2. The Labute approximate surface area is 229 Å². The van der Waals surface area contributed by atoms with Crippen LogP contribution in [-0.4, -0.2) is 22.6 Å². The molecular formula is C34H48O4. The van der Waals surface area contributed by atoms with Crippen LogP contribution in [0.1, 0.15) is 109 Å². The Kier molecular flexibility index (Phi) is 7.43. The van der Waals surface area contributed by atoms with Crippen molar-refractivity contribution < 1.29 is 19.4 Å². The molecule has 208 valence electrons. The number of ether oxygens (including phenoxy) is 1. The Morgan fingerprint density at radius 2 is 1.74 bits per heavy atom. The maximum absolute atomic E-state index is 13.8. The number of allylic oxidation sites excluding steroid dienone is 1. The molecule has 4 heteroatoms. The first kappa shape index (κ1) is 27.6. The minimum atomic E-state index is -1.56. The average Bonchev–Trinajstić information content (AvgIpc) is 3.22. The lowest BCUT2D eigenvalue weighted by Crippen LogP contribution is -2.55. The largest absolute Gasteiger partial charge is 0.429 e. The van der Waals surface area contributed by atoms with Crippen LogP contribution in [-0.2, 0) is 9.53 Å². The van der Waals surface area contributed by atoms with Crippen molar-refractivity contribution >= 4 is 11.8 Å². The van der Waals surface area contributed by atoms with Crippen LogP contribution in [0.5, 0.6) is 0 Å². The first-order valence-electron chi connectivity index (χ1n) is 15.2. The van der Waals surface area contributed by atoms with E-state index >= 15 is 0 Å². The molecule has 1 aromatic rings. The van der Waals surface area contributed by atoms with Gasteiger partial charge >= 0.3 is 5.97 Å². The molecule has 0 amide bonds. The highest BCUT2D eigenvalue weighted by Gasteiger charge is 2.62. The van der Waals surface area contributed by atoms with Crippen molar-refractivity contribution in [2.45, 2.75) is 105 Å². The van der Waals surface area contributed by atoms with Crippen molar-refractivity contribution in [3.8, 4) is 0 Å². The number of benzene rings is 1. The molecule has 0 unspecified atom stereocenters. The van der Waals surface area contributed by atoms with Crippen molar-refractivity contribution in [2.75, 3.05) is 0 Å². The Balaban J connectivity index is 1.33. The number of hydrogen-bond donors (Lipinski definition) is 1. The molecule has 3 fully saturated rings. The maximum Gasteiger partial charge on any atom is 0.340 e. The second-order valence-electron chi connectivity index (χ2n) is 14.1. The highest BCUT2D eigenvalue weighted by atomic mass is 16.7. The number of rotatable bonds is 7. The minimum Gasteiger partial charge on any atom is -0.429 e. The molecule has 1 N–H and O–H groups in total. The third kappa shape index (κ3) is 4.80. The highest BCUT2D eigenvalue weighted by Crippen LogP contribution is 2.67. The number of ketones is 1. The average molecular weight is 521 g/mol. The van der Waals surface area contributed by atoms with Crippen molar-refractivity contribution in [3.63, 3.8) is 0 Å². The second-order valence-corrected chi connectivity index (χ2v) is 14.1. The molecule has 3 saturated carbocycles. The zero-order valence-corrected chi connectivity index (χ0v) is 24.2. The van der Waals surface area contributed by atoms with Gasteiger partial charge in [0.1, 0.15) is 0 Å². The predicted molar refractivity (Wildman–Crippen MR) is 150 cm³/mol. The van der Waals surface area contributed by atoms with Gasteiger partial charge in [-0.05, 0) is 90.7 Å². The summed E-state index contributed by atoms with van der Waals surface area (Å²) in [4.78, 5) is 26.5. The molecule has 1 aromatic carbocycles. The molecule has 4 aliphatic carbocycles.